The van der Waals surface area contributed by atoms with Crippen molar-refractivity contribution in [3.8, 4) is 5.75 Å². The van der Waals surface area contributed by atoms with Crippen LogP contribution in [0, 0.1) is 19.8 Å². The minimum absolute atomic E-state index is 0.00619. The molecule has 1 aromatic heterocycles. The summed E-state index contributed by atoms with van der Waals surface area (Å²) in [5.74, 6) is -0.0874. The fourth-order valence-electron chi connectivity index (χ4n) is 4.28. The predicted octanol–water partition coefficient (Wildman–Crippen LogP) is 1.13. The number of nitrogens with zero attached hydrogens (tertiary/aromatic N) is 3. The lowest BCUT2D eigenvalue weighted by Gasteiger charge is -2.33. The fraction of sp³-hybridized carbons (Fsp3) is 0.565. The molecule has 0 saturated heterocycles. The van der Waals surface area contributed by atoms with Gasteiger partial charge >= 0.3 is 0 Å². The Morgan fingerprint density at radius 2 is 1.95 bits per heavy atom. The molecule has 0 unspecified atom stereocenters. The molecule has 0 spiro atoms. The van der Waals surface area contributed by atoms with E-state index in [-0.39, 0.29) is 60.0 Å². The third-order valence-electron chi connectivity index (χ3n) is 6.29. The smallest absolute Gasteiger partial charge is 0.248 e. The van der Waals surface area contributed by atoms with Crippen molar-refractivity contribution in [3.63, 3.8) is 0 Å². The van der Waals surface area contributed by atoms with Crippen molar-refractivity contribution in [1.82, 2.24) is 14.4 Å². The molecular formula is C23H34N4O8S2. The molecule has 0 saturated carbocycles. The maximum absolute atomic E-state index is 13.3. The van der Waals surface area contributed by atoms with Gasteiger partial charge < -0.3 is 19.3 Å². The van der Waals surface area contributed by atoms with E-state index in [1.54, 1.807) is 19.9 Å². The van der Waals surface area contributed by atoms with Gasteiger partial charge in [0.15, 0.2) is 5.76 Å². The Hall–Kier alpha value is -2.68. The first-order valence-electron chi connectivity index (χ1n) is 11.7. The number of nitrogens with one attached hydrogen (secondary N) is 1. The number of fused-ring (bicyclic) bond motifs is 1. The molecule has 2 heterocycles. The van der Waals surface area contributed by atoms with Crippen LogP contribution in [0.2, 0.25) is 0 Å². The number of carbonyl (C=O) groups excluding carboxylic acids is 1. The fourth-order valence-corrected chi connectivity index (χ4v) is 6.30. The molecule has 3 rings (SSSR count). The van der Waals surface area contributed by atoms with Crippen LogP contribution in [-0.2, 0) is 31.3 Å². The Kier molecular flexibility index (Phi) is 8.57. The van der Waals surface area contributed by atoms with Crippen LogP contribution in [0.3, 0.4) is 0 Å². The summed E-state index contributed by atoms with van der Waals surface area (Å²) in [6.07, 6.45) is 0.242. The van der Waals surface area contributed by atoms with Crippen molar-refractivity contribution < 1.29 is 36.0 Å². The van der Waals surface area contributed by atoms with E-state index in [1.807, 2.05) is 6.92 Å². The average Bonchev–Trinajstić information content (AvgIpc) is 3.16. The molecule has 1 aromatic carbocycles. The highest BCUT2D eigenvalue weighted by Gasteiger charge is 2.35. The Balaban J connectivity index is 2.02. The van der Waals surface area contributed by atoms with Crippen LogP contribution in [0.1, 0.15) is 30.9 Å². The zero-order valence-electron chi connectivity index (χ0n) is 21.8. The van der Waals surface area contributed by atoms with E-state index in [4.69, 9.17) is 9.26 Å². The van der Waals surface area contributed by atoms with Gasteiger partial charge in [0, 0.05) is 30.8 Å². The number of aryl methyl sites for hydroxylation is 2. The number of carbonyl (C=O) groups is 1. The first-order chi connectivity index (χ1) is 17.1. The van der Waals surface area contributed by atoms with E-state index in [9.17, 15) is 26.7 Å². The minimum atomic E-state index is -3.96. The van der Waals surface area contributed by atoms with E-state index in [2.05, 4.69) is 9.88 Å². The lowest BCUT2D eigenvalue weighted by Crippen LogP contribution is -2.48. The monoisotopic (exact) mass is 558 g/mol. The molecule has 0 fully saturated rings. The molecule has 2 N–H and O–H groups in total. The molecule has 1 aliphatic heterocycles. The number of rotatable bonds is 8. The third-order valence-corrected chi connectivity index (χ3v) is 8.97. The van der Waals surface area contributed by atoms with Crippen molar-refractivity contribution in [2.75, 3.05) is 37.7 Å². The van der Waals surface area contributed by atoms with Crippen molar-refractivity contribution in [3.05, 3.63) is 35.2 Å². The standard InChI is InChI=1S/C23H34N4O8S2/c1-14-11-27(15(2)13-28)22(29)10-18-9-19(25-36(6,30)31)7-8-20(18)34-21(14)12-26(5)37(32,33)23-16(3)24-35-17(23)4/h7-9,14-15,21,25,28H,10-13H2,1-6H3/t14-,15+,21+/m1/s1. The molecule has 0 radical (unpaired) electrons. The summed E-state index contributed by atoms with van der Waals surface area (Å²) < 4.78 is 65.0. The van der Waals surface area contributed by atoms with Gasteiger partial charge in [0.05, 0.1) is 31.9 Å². The van der Waals surface area contributed by atoms with Crippen LogP contribution in [0.15, 0.2) is 27.6 Å². The van der Waals surface area contributed by atoms with Crippen LogP contribution < -0.4 is 9.46 Å². The quantitative estimate of drug-likeness (QED) is 0.484. The van der Waals surface area contributed by atoms with Gasteiger partial charge in [-0.1, -0.05) is 12.1 Å². The highest BCUT2D eigenvalue weighted by Crippen LogP contribution is 2.30. The molecule has 14 heteroatoms. The van der Waals surface area contributed by atoms with Gasteiger partial charge in [-0.3, -0.25) is 9.52 Å². The van der Waals surface area contributed by atoms with Gasteiger partial charge in [-0.25, -0.2) is 16.8 Å². The summed E-state index contributed by atoms with van der Waals surface area (Å²) in [5.41, 5.74) is 0.947. The van der Waals surface area contributed by atoms with Gasteiger partial charge in [-0.15, -0.1) is 0 Å². The normalized spacial score (nSPS) is 20.0. The number of ether oxygens (including phenoxy) is 1. The van der Waals surface area contributed by atoms with Gasteiger partial charge in [-0.2, -0.15) is 4.31 Å². The molecule has 12 nitrogen and oxygen atoms in total. The summed E-state index contributed by atoms with van der Waals surface area (Å²) in [5, 5.41) is 13.5. The SMILES string of the molecule is Cc1noc(C)c1S(=O)(=O)N(C)C[C@@H]1Oc2ccc(NS(C)(=O)=O)cc2CC(=O)N([C@@H](C)CO)C[C@H]1C. The number of sulfonamides is 2. The predicted molar refractivity (Wildman–Crippen MR) is 136 cm³/mol. The lowest BCUT2D eigenvalue weighted by atomic mass is 10.0. The largest absolute Gasteiger partial charge is 0.488 e. The number of aromatic nitrogens is 1. The molecule has 37 heavy (non-hydrogen) atoms. The first kappa shape index (κ1) is 28.9. The molecule has 0 aliphatic carbocycles. The number of aliphatic hydroxyl groups excluding tert-OH is 1. The highest BCUT2D eigenvalue weighted by atomic mass is 32.2. The second-order valence-electron chi connectivity index (χ2n) is 9.52. The van der Waals surface area contributed by atoms with Crippen molar-refractivity contribution in [1.29, 1.82) is 0 Å². The zero-order valence-corrected chi connectivity index (χ0v) is 23.4. The molecule has 0 bridgehead atoms. The third kappa shape index (κ3) is 6.61. The number of hydrogen-bond acceptors (Lipinski definition) is 9. The summed E-state index contributed by atoms with van der Waals surface area (Å²) in [4.78, 5) is 14.8. The Morgan fingerprint density at radius 1 is 1.27 bits per heavy atom. The van der Waals surface area contributed by atoms with Crippen LogP contribution >= 0.6 is 0 Å². The van der Waals surface area contributed by atoms with Crippen molar-refractivity contribution >= 4 is 31.6 Å². The maximum Gasteiger partial charge on any atom is 0.248 e. The topological polar surface area (TPSA) is 159 Å². The number of hydrogen-bond donors (Lipinski definition) is 2. The van der Waals surface area contributed by atoms with Crippen LogP contribution in [0.25, 0.3) is 0 Å². The lowest BCUT2D eigenvalue weighted by molar-refractivity contribution is -0.134. The van der Waals surface area contributed by atoms with E-state index in [1.165, 1.54) is 35.3 Å². The molecule has 2 aromatic rings. The van der Waals surface area contributed by atoms with Gasteiger partial charge in [-0.05, 0) is 39.0 Å². The number of anilines is 1. The summed E-state index contributed by atoms with van der Waals surface area (Å²) in [6, 6.07) is 4.11. The first-order valence-corrected chi connectivity index (χ1v) is 15.0. The number of benzene rings is 1. The maximum atomic E-state index is 13.3. The van der Waals surface area contributed by atoms with Gasteiger partial charge in [0.2, 0.25) is 26.0 Å². The highest BCUT2D eigenvalue weighted by molar-refractivity contribution is 7.92. The van der Waals surface area contributed by atoms with E-state index < -0.39 is 32.2 Å². The minimum Gasteiger partial charge on any atom is -0.488 e. The Labute approximate surface area is 217 Å². The van der Waals surface area contributed by atoms with E-state index in [0.717, 1.165) is 6.26 Å². The summed E-state index contributed by atoms with van der Waals surface area (Å²) >= 11 is 0. The van der Waals surface area contributed by atoms with E-state index >= 15 is 0 Å². The zero-order chi connectivity index (χ0) is 27.7. The molecule has 206 valence electrons. The summed E-state index contributed by atoms with van der Waals surface area (Å²) in [7, 11) is -6.08. The molecule has 1 amide bonds. The average molecular weight is 559 g/mol. The Bertz CT molecular complexity index is 1340. The van der Waals surface area contributed by atoms with Crippen LogP contribution in [0.5, 0.6) is 5.75 Å². The van der Waals surface area contributed by atoms with Crippen molar-refractivity contribution in [2.24, 2.45) is 5.92 Å². The van der Waals surface area contributed by atoms with Gasteiger partial charge in [0.1, 0.15) is 22.4 Å². The van der Waals surface area contributed by atoms with Crippen molar-refractivity contribution in [2.45, 2.75) is 51.2 Å². The Morgan fingerprint density at radius 3 is 2.51 bits per heavy atom. The second kappa shape index (κ2) is 11.0. The second-order valence-corrected chi connectivity index (χ2v) is 13.3. The molecular weight excluding hydrogens is 524 g/mol. The molecule has 3 atom stereocenters. The number of aliphatic hydroxyl groups is 1. The number of amides is 1. The van der Waals surface area contributed by atoms with Crippen LogP contribution in [0.4, 0.5) is 5.69 Å². The van der Waals surface area contributed by atoms with E-state index in [0.29, 0.717) is 11.3 Å². The molecule has 1 aliphatic rings. The summed E-state index contributed by atoms with van der Waals surface area (Å²) in [6.45, 7) is 6.54. The van der Waals surface area contributed by atoms with Gasteiger partial charge in [0.25, 0.3) is 0 Å². The number of likely N-dealkylation sites (N-methyl/N-ethyl adjacent to an activating group) is 1. The van der Waals surface area contributed by atoms with Crippen LogP contribution in [-0.4, -0.2) is 87.4 Å².